The molecule has 6 heteroatoms. The molecule has 2 rings (SSSR count). The molecule has 0 radical (unpaired) electrons. The molecule has 0 aliphatic rings. The Hall–Kier alpha value is -0.780. The van der Waals surface area contributed by atoms with Gasteiger partial charge in [0.1, 0.15) is 0 Å². The van der Waals surface area contributed by atoms with Gasteiger partial charge < -0.3 is 9.64 Å². The predicted octanol–water partition coefficient (Wildman–Crippen LogP) is 2.22. The van der Waals surface area contributed by atoms with Crippen LogP contribution in [0.25, 0.3) is 4.96 Å². The van der Waals surface area contributed by atoms with E-state index < -0.39 is 0 Å². The normalized spacial score (nSPS) is 11.2. The molecule has 0 N–H and O–H groups in total. The van der Waals surface area contributed by atoms with E-state index in [4.69, 9.17) is 16.3 Å². The molecule has 4 nitrogen and oxygen atoms in total. The van der Waals surface area contributed by atoms with E-state index in [-0.39, 0.29) is 0 Å². The van der Waals surface area contributed by atoms with Crippen molar-refractivity contribution >= 4 is 33.7 Å². The Bertz CT molecular complexity index is 468. The van der Waals surface area contributed by atoms with Gasteiger partial charge in [-0.1, -0.05) is 0 Å². The Morgan fingerprint density at radius 3 is 3.12 bits per heavy atom. The van der Waals surface area contributed by atoms with Gasteiger partial charge in [0.2, 0.25) is 0 Å². The fourth-order valence-corrected chi connectivity index (χ4v) is 2.56. The van der Waals surface area contributed by atoms with E-state index in [0.29, 0.717) is 12.5 Å². The third-order valence-electron chi connectivity index (χ3n) is 2.46. The van der Waals surface area contributed by atoms with Crippen molar-refractivity contribution in [2.45, 2.75) is 5.88 Å². The number of imidazole rings is 1. The summed E-state index contributed by atoms with van der Waals surface area (Å²) < 4.78 is 7.09. The number of hydrogen-bond donors (Lipinski definition) is 0. The Kier molecular flexibility index (Phi) is 3.68. The lowest BCUT2D eigenvalue weighted by Crippen LogP contribution is -2.23. The first kappa shape index (κ1) is 11.7. The summed E-state index contributed by atoms with van der Waals surface area (Å²) in [4.78, 5) is 7.62. The molecule has 0 saturated heterocycles. The van der Waals surface area contributed by atoms with Crippen molar-refractivity contribution in [2.24, 2.45) is 0 Å². The van der Waals surface area contributed by atoms with Crippen LogP contribution in [0.15, 0.2) is 11.6 Å². The zero-order valence-electron chi connectivity index (χ0n) is 9.31. The van der Waals surface area contributed by atoms with Crippen molar-refractivity contribution in [3.05, 3.63) is 17.3 Å². The van der Waals surface area contributed by atoms with Gasteiger partial charge in [-0.05, 0) is 0 Å². The van der Waals surface area contributed by atoms with Gasteiger partial charge in [-0.25, -0.2) is 4.98 Å². The molecular formula is C10H14ClN3OS. The monoisotopic (exact) mass is 259 g/mol. The Morgan fingerprint density at radius 1 is 1.62 bits per heavy atom. The van der Waals surface area contributed by atoms with Gasteiger partial charge in [-0.3, -0.25) is 4.40 Å². The van der Waals surface area contributed by atoms with Gasteiger partial charge in [0.05, 0.1) is 18.2 Å². The van der Waals surface area contributed by atoms with Crippen LogP contribution in [0.4, 0.5) is 5.82 Å². The third-order valence-corrected chi connectivity index (χ3v) is 3.47. The highest BCUT2D eigenvalue weighted by Gasteiger charge is 2.15. The molecule has 0 bridgehead atoms. The van der Waals surface area contributed by atoms with E-state index in [1.54, 1.807) is 18.4 Å². The summed E-state index contributed by atoms with van der Waals surface area (Å²) >= 11 is 7.59. The molecule has 0 amide bonds. The number of alkyl halides is 1. The molecule has 0 spiro atoms. The highest BCUT2D eigenvalue weighted by atomic mass is 35.5. The summed E-state index contributed by atoms with van der Waals surface area (Å²) in [6, 6.07) is 0. The fraction of sp³-hybridized carbons (Fsp3) is 0.500. The first-order chi connectivity index (χ1) is 7.77. The molecule has 0 aromatic carbocycles. The number of halogens is 1. The van der Waals surface area contributed by atoms with E-state index >= 15 is 0 Å². The lowest BCUT2D eigenvalue weighted by Gasteiger charge is -2.16. The summed E-state index contributed by atoms with van der Waals surface area (Å²) in [5.41, 5.74) is 1.04. The average Bonchev–Trinajstić information content (AvgIpc) is 2.84. The number of methoxy groups -OCH3 is 1. The molecule has 2 heterocycles. The number of hydrogen-bond acceptors (Lipinski definition) is 4. The molecule has 0 fully saturated rings. The van der Waals surface area contributed by atoms with Crippen LogP contribution in [0.3, 0.4) is 0 Å². The summed E-state index contributed by atoms with van der Waals surface area (Å²) in [7, 11) is 3.70. The summed E-state index contributed by atoms with van der Waals surface area (Å²) in [5.74, 6) is 1.41. The van der Waals surface area contributed by atoms with Gasteiger partial charge in [0.15, 0.2) is 10.8 Å². The zero-order valence-corrected chi connectivity index (χ0v) is 10.9. The number of ether oxygens (including phenoxy) is 1. The average molecular weight is 260 g/mol. The summed E-state index contributed by atoms with van der Waals surface area (Å²) in [6.45, 7) is 1.49. The van der Waals surface area contributed by atoms with Gasteiger partial charge >= 0.3 is 0 Å². The maximum Gasteiger partial charge on any atom is 0.195 e. The largest absolute Gasteiger partial charge is 0.383 e. The van der Waals surface area contributed by atoms with Crippen LogP contribution in [-0.2, 0) is 10.6 Å². The van der Waals surface area contributed by atoms with Crippen LogP contribution in [0, 0.1) is 0 Å². The lowest BCUT2D eigenvalue weighted by atomic mass is 10.4. The molecule has 0 atom stereocenters. The van der Waals surface area contributed by atoms with Gasteiger partial charge in [0.25, 0.3) is 0 Å². The second-order valence-corrected chi connectivity index (χ2v) is 4.63. The second-order valence-electron chi connectivity index (χ2n) is 3.49. The van der Waals surface area contributed by atoms with Gasteiger partial charge in [-0.2, -0.15) is 0 Å². The third kappa shape index (κ3) is 2.03. The Balaban J connectivity index is 2.31. The molecule has 0 unspecified atom stereocenters. The number of thiazole rings is 1. The minimum Gasteiger partial charge on any atom is -0.383 e. The SMILES string of the molecule is COCCN(C)c1nc2sccn2c1CCl. The van der Waals surface area contributed by atoms with E-state index in [2.05, 4.69) is 9.88 Å². The minimum atomic E-state index is 0.463. The fourth-order valence-electron chi connectivity index (χ4n) is 1.59. The number of anilines is 1. The maximum absolute atomic E-state index is 5.97. The van der Waals surface area contributed by atoms with Crippen molar-refractivity contribution < 1.29 is 4.74 Å². The van der Waals surface area contributed by atoms with Crippen molar-refractivity contribution in [1.29, 1.82) is 0 Å². The number of likely N-dealkylation sites (N-methyl/N-ethyl adjacent to an activating group) is 1. The van der Waals surface area contributed by atoms with Crippen LogP contribution >= 0.6 is 22.9 Å². The number of fused-ring (bicyclic) bond motifs is 1. The van der Waals surface area contributed by atoms with E-state index in [1.807, 2.05) is 23.0 Å². The Labute approximate surface area is 103 Å². The summed E-state index contributed by atoms with van der Waals surface area (Å²) in [6.07, 6.45) is 2.00. The maximum atomic E-state index is 5.97. The molecule has 88 valence electrons. The molecule has 2 aromatic rings. The minimum absolute atomic E-state index is 0.463. The van der Waals surface area contributed by atoms with Crippen molar-refractivity contribution in [1.82, 2.24) is 9.38 Å². The highest BCUT2D eigenvalue weighted by molar-refractivity contribution is 7.15. The van der Waals surface area contributed by atoms with Gasteiger partial charge in [-0.15, -0.1) is 22.9 Å². The Morgan fingerprint density at radius 2 is 2.44 bits per heavy atom. The highest BCUT2D eigenvalue weighted by Crippen LogP contribution is 2.25. The van der Waals surface area contributed by atoms with Crippen LogP contribution in [0.5, 0.6) is 0 Å². The first-order valence-corrected chi connectivity index (χ1v) is 6.39. The van der Waals surface area contributed by atoms with Gasteiger partial charge in [0, 0.05) is 32.3 Å². The first-order valence-electron chi connectivity index (χ1n) is 4.98. The van der Waals surface area contributed by atoms with Crippen LogP contribution < -0.4 is 4.90 Å². The lowest BCUT2D eigenvalue weighted by molar-refractivity contribution is 0.206. The van der Waals surface area contributed by atoms with Crippen molar-refractivity contribution in [2.75, 3.05) is 32.2 Å². The van der Waals surface area contributed by atoms with Crippen LogP contribution in [0.2, 0.25) is 0 Å². The zero-order chi connectivity index (χ0) is 11.5. The number of rotatable bonds is 5. The van der Waals surface area contributed by atoms with Crippen LogP contribution in [0.1, 0.15) is 5.69 Å². The second kappa shape index (κ2) is 5.03. The topological polar surface area (TPSA) is 29.8 Å². The predicted molar refractivity (Wildman–Crippen MR) is 67.8 cm³/mol. The molecule has 16 heavy (non-hydrogen) atoms. The molecule has 0 aliphatic carbocycles. The van der Waals surface area contributed by atoms with E-state index in [9.17, 15) is 0 Å². The standard InChI is InChI=1S/C10H14ClN3OS/c1-13(3-5-15-2)9-8(7-11)14-4-6-16-10(14)12-9/h4,6H,3,5,7H2,1-2H3. The summed E-state index contributed by atoms with van der Waals surface area (Å²) in [5, 5.41) is 2.01. The molecular weight excluding hydrogens is 246 g/mol. The van der Waals surface area contributed by atoms with E-state index in [0.717, 1.165) is 23.0 Å². The number of aromatic nitrogens is 2. The molecule has 2 aromatic heterocycles. The van der Waals surface area contributed by atoms with Crippen LogP contribution in [-0.4, -0.2) is 36.7 Å². The quantitative estimate of drug-likeness (QED) is 0.772. The smallest absolute Gasteiger partial charge is 0.195 e. The van der Waals surface area contributed by atoms with E-state index in [1.165, 1.54) is 0 Å². The molecule has 0 aliphatic heterocycles. The van der Waals surface area contributed by atoms with Crippen molar-refractivity contribution in [3.63, 3.8) is 0 Å². The molecule has 0 saturated carbocycles. The number of nitrogens with zero attached hydrogens (tertiary/aromatic N) is 3. The van der Waals surface area contributed by atoms with Crippen molar-refractivity contribution in [3.8, 4) is 0 Å².